The lowest BCUT2D eigenvalue weighted by Gasteiger charge is -2.32. The fourth-order valence-electron chi connectivity index (χ4n) is 3.07. The Hall–Kier alpha value is -2.15. The summed E-state index contributed by atoms with van der Waals surface area (Å²) in [6.45, 7) is 3.38. The molecule has 24 heavy (non-hydrogen) atoms. The van der Waals surface area contributed by atoms with Crippen molar-refractivity contribution in [2.24, 2.45) is 0 Å². The van der Waals surface area contributed by atoms with Crippen LogP contribution in [0.3, 0.4) is 0 Å². The number of hydrogen-bond donors (Lipinski definition) is 0. The van der Waals surface area contributed by atoms with E-state index in [1.807, 2.05) is 23.1 Å². The molecule has 0 N–H and O–H groups in total. The van der Waals surface area contributed by atoms with Crippen molar-refractivity contribution in [1.29, 1.82) is 0 Å². The number of likely N-dealkylation sites (tertiary alicyclic amines) is 1. The second-order valence-electron chi connectivity index (χ2n) is 6.34. The summed E-state index contributed by atoms with van der Waals surface area (Å²) >= 11 is 0. The molecule has 0 radical (unpaired) electrons. The molecular weight excluding hydrogens is 308 g/mol. The van der Waals surface area contributed by atoms with Gasteiger partial charge in [0.1, 0.15) is 6.54 Å². The highest BCUT2D eigenvalue weighted by Gasteiger charge is 2.30. The van der Waals surface area contributed by atoms with Gasteiger partial charge in [0.2, 0.25) is 5.91 Å². The smallest absolute Gasteiger partial charge is 0.320 e. The van der Waals surface area contributed by atoms with E-state index in [0.717, 1.165) is 18.5 Å². The van der Waals surface area contributed by atoms with E-state index in [1.165, 1.54) is 0 Å². The maximum Gasteiger partial charge on any atom is 0.320 e. The zero-order valence-electron chi connectivity index (χ0n) is 14.1. The molecule has 0 unspecified atom stereocenters. The van der Waals surface area contributed by atoms with E-state index in [4.69, 9.17) is 4.74 Å². The molecule has 2 saturated heterocycles. The molecule has 130 valence electrons. The average Bonchev–Trinajstić information content (AvgIpc) is 2.93. The van der Waals surface area contributed by atoms with Gasteiger partial charge in [0, 0.05) is 39.4 Å². The van der Waals surface area contributed by atoms with Crippen LogP contribution in [0.5, 0.6) is 0 Å². The Morgan fingerprint density at radius 1 is 1.25 bits per heavy atom. The number of rotatable bonds is 5. The Morgan fingerprint density at radius 2 is 2.04 bits per heavy atom. The number of urea groups is 1. The highest BCUT2D eigenvalue weighted by molar-refractivity contribution is 5.85. The number of ether oxygens (including phenoxy) is 1. The molecule has 0 bridgehead atoms. The van der Waals surface area contributed by atoms with E-state index >= 15 is 0 Å². The minimum Gasteiger partial charge on any atom is -0.372 e. The fraction of sp³-hybridized carbons (Fsp3) is 0.588. The highest BCUT2D eigenvalue weighted by atomic mass is 16.5. The van der Waals surface area contributed by atoms with Crippen LogP contribution in [0.25, 0.3) is 0 Å². The van der Waals surface area contributed by atoms with Crippen LogP contribution >= 0.6 is 0 Å². The molecule has 0 spiro atoms. The van der Waals surface area contributed by atoms with E-state index in [-0.39, 0.29) is 24.6 Å². The summed E-state index contributed by atoms with van der Waals surface area (Å²) in [6.07, 6.45) is 3.58. The molecule has 2 aliphatic rings. The lowest BCUT2D eigenvalue weighted by Crippen LogP contribution is -2.46. The van der Waals surface area contributed by atoms with Crippen molar-refractivity contribution in [3.8, 4) is 0 Å². The van der Waals surface area contributed by atoms with E-state index in [1.54, 1.807) is 23.0 Å². The van der Waals surface area contributed by atoms with Crippen molar-refractivity contribution >= 4 is 11.9 Å². The lowest BCUT2D eigenvalue weighted by atomic mass is 10.1. The molecule has 3 amide bonds. The predicted molar refractivity (Wildman–Crippen MR) is 88.2 cm³/mol. The first-order valence-electron chi connectivity index (χ1n) is 8.43. The zero-order valence-corrected chi connectivity index (χ0v) is 14.1. The summed E-state index contributed by atoms with van der Waals surface area (Å²) in [6, 6.07) is 5.72. The summed E-state index contributed by atoms with van der Waals surface area (Å²) in [5, 5.41) is 0. The van der Waals surface area contributed by atoms with E-state index in [0.29, 0.717) is 32.8 Å². The number of amides is 3. The number of aromatic nitrogens is 1. The van der Waals surface area contributed by atoms with Crippen molar-refractivity contribution in [3.63, 3.8) is 0 Å². The summed E-state index contributed by atoms with van der Waals surface area (Å²) in [4.78, 5) is 33.6. The summed E-state index contributed by atoms with van der Waals surface area (Å²) < 4.78 is 5.89. The Bertz CT molecular complexity index is 572. The third kappa shape index (κ3) is 4.03. The van der Waals surface area contributed by atoms with Gasteiger partial charge in [0.15, 0.2) is 0 Å². The number of carbonyl (C=O) groups is 2. The van der Waals surface area contributed by atoms with Crippen molar-refractivity contribution in [3.05, 3.63) is 30.1 Å². The molecular formula is C17H24N4O3. The molecule has 1 aromatic rings. The minimum absolute atomic E-state index is 0.0295. The van der Waals surface area contributed by atoms with Crippen LogP contribution in [0.2, 0.25) is 0 Å². The molecule has 0 aliphatic carbocycles. The minimum atomic E-state index is -0.0584. The SMILES string of the molecule is CN1CCN(CC(=O)N2CCC(OCc3ccccn3)CC2)C1=O. The zero-order chi connectivity index (χ0) is 16.9. The molecule has 7 heteroatoms. The molecule has 1 aromatic heterocycles. The van der Waals surface area contributed by atoms with Crippen LogP contribution in [0.15, 0.2) is 24.4 Å². The van der Waals surface area contributed by atoms with Crippen molar-refractivity contribution in [1.82, 2.24) is 19.7 Å². The van der Waals surface area contributed by atoms with E-state index in [2.05, 4.69) is 4.98 Å². The Balaban J connectivity index is 1.40. The molecule has 0 atom stereocenters. The Kier molecular flexibility index (Phi) is 5.30. The largest absolute Gasteiger partial charge is 0.372 e. The van der Waals surface area contributed by atoms with Crippen LogP contribution in [-0.2, 0) is 16.1 Å². The van der Waals surface area contributed by atoms with Gasteiger partial charge in [-0.3, -0.25) is 9.78 Å². The second kappa shape index (κ2) is 7.61. The van der Waals surface area contributed by atoms with E-state index < -0.39 is 0 Å². The maximum atomic E-state index is 12.4. The average molecular weight is 332 g/mol. The molecule has 0 aromatic carbocycles. The standard InChI is InChI=1S/C17H24N4O3/c1-19-10-11-21(17(19)23)12-16(22)20-8-5-15(6-9-20)24-13-14-4-2-3-7-18-14/h2-4,7,15H,5-6,8-13H2,1H3. The second-order valence-corrected chi connectivity index (χ2v) is 6.34. The molecule has 3 heterocycles. The van der Waals surface area contributed by atoms with Gasteiger partial charge in [-0.2, -0.15) is 0 Å². The van der Waals surface area contributed by atoms with Crippen LogP contribution in [-0.4, -0.2) is 77.5 Å². The first kappa shape index (κ1) is 16.7. The number of pyridine rings is 1. The third-order valence-electron chi connectivity index (χ3n) is 4.62. The number of hydrogen-bond acceptors (Lipinski definition) is 4. The topological polar surface area (TPSA) is 66.0 Å². The number of piperidine rings is 1. The quantitative estimate of drug-likeness (QED) is 0.805. The van der Waals surface area contributed by atoms with Crippen LogP contribution in [0.4, 0.5) is 4.79 Å². The maximum absolute atomic E-state index is 12.4. The van der Waals surface area contributed by atoms with Gasteiger partial charge in [0.05, 0.1) is 18.4 Å². The van der Waals surface area contributed by atoms with E-state index in [9.17, 15) is 9.59 Å². The van der Waals surface area contributed by atoms with Crippen LogP contribution < -0.4 is 0 Å². The molecule has 2 aliphatic heterocycles. The fourth-order valence-corrected chi connectivity index (χ4v) is 3.07. The van der Waals surface area contributed by atoms with Crippen LogP contribution in [0.1, 0.15) is 18.5 Å². The van der Waals surface area contributed by atoms with Crippen molar-refractivity contribution in [2.45, 2.75) is 25.6 Å². The normalized spacial score (nSPS) is 19.2. The van der Waals surface area contributed by atoms with Gasteiger partial charge >= 0.3 is 6.03 Å². The summed E-state index contributed by atoms with van der Waals surface area (Å²) in [7, 11) is 1.76. The summed E-state index contributed by atoms with van der Waals surface area (Å²) in [5.74, 6) is 0.0295. The molecule has 2 fully saturated rings. The summed E-state index contributed by atoms with van der Waals surface area (Å²) in [5.41, 5.74) is 0.924. The van der Waals surface area contributed by atoms with Crippen molar-refractivity contribution in [2.75, 3.05) is 39.8 Å². The van der Waals surface area contributed by atoms with Crippen LogP contribution in [0, 0.1) is 0 Å². The Labute approximate surface area is 142 Å². The van der Waals surface area contributed by atoms with Gasteiger partial charge in [-0.15, -0.1) is 0 Å². The number of likely N-dealkylation sites (N-methyl/N-ethyl adjacent to an activating group) is 1. The molecule has 3 rings (SSSR count). The van der Waals surface area contributed by atoms with Gasteiger partial charge in [-0.05, 0) is 25.0 Å². The first-order valence-corrected chi connectivity index (χ1v) is 8.43. The molecule has 0 saturated carbocycles. The van der Waals surface area contributed by atoms with Gasteiger partial charge in [-0.1, -0.05) is 6.07 Å². The van der Waals surface area contributed by atoms with Gasteiger partial charge in [0.25, 0.3) is 0 Å². The van der Waals surface area contributed by atoms with Gasteiger partial charge < -0.3 is 19.4 Å². The number of carbonyl (C=O) groups excluding carboxylic acids is 2. The third-order valence-corrected chi connectivity index (χ3v) is 4.62. The highest BCUT2D eigenvalue weighted by Crippen LogP contribution is 2.16. The Morgan fingerprint density at radius 3 is 2.67 bits per heavy atom. The van der Waals surface area contributed by atoms with Crippen molar-refractivity contribution < 1.29 is 14.3 Å². The molecule has 7 nitrogen and oxygen atoms in total. The predicted octanol–water partition coefficient (Wildman–Crippen LogP) is 0.957. The van der Waals surface area contributed by atoms with Gasteiger partial charge in [-0.25, -0.2) is 4.79 Å². The first-order chi connectivity index (χ1) is 11.6. The monoisotopic (exact) mass is 332 g/mol. The number of nitrogens with zero attached hydrogens (tertiary/aromatic N) is 4. The lowest BCUT2D eigenvalue weighted by molar-refractivity contribution is -0.134.